The fraction of sp³-hybridized carbons (Fsp3) is 0.120. The summed E-state index contributed by atoms with van der Waals surface area (Å²) in [5, 5.41) is 3.48. The quantitative estimate of drug-likeness (QED) is 0.328. The van der Waals surface area contributed by atoms with E-state index in [9.17, 15) is 14.0 Å². The second-order valence-electron chi connectivity index (χ2n) is 6.98. The number of para-hydroxylation sites is 2. The fourth-order valence-electron chi connectivity index (χ4n) is 3.26. The first kappa shape index (κ1) is 22.4. The molecule has 0 unspecified atom stereocenters. The number of hydrogen-bond donors (Lipinski definition) is 1. The van der Waals surface area contributed by atoms with Gasteiger partial charge in [0, 0.05) is 10.9 Å². The van der Waals surface area contributed by atoms with E-state index in [1.54, 1.807) is 42.5 Å². The van der Waals surface area contributed by atoms with Crippen molar-refractivity contribution in [2.75, 3.05) is 18.5 Å². The molecule has 1 aromatic heterocycles. The van der Waals surface area contributed by atoms with Crippen LogP contribution in [0.1, 0.15) is 23.0 Å². The molecular formula is C25H19ClFNO5. The molecule has 1 N–H and O–H groups in total. The zero-order valence-corrected chi connectivity index (χ0v) is 18.3. The number of amides is 1. The van der Waals surface area contributed by atoms with Crippen LogP contribution in [0.25, 0.3) is 11.0 Å². The topological polar surface area (TPSA) is 77.8 Å². The van der Waals surface area contributed by atoms with E-state index in [0.29, 0.717) is 23.3 Å². The lowest BCUT2D eigenvalue weighted by Gasteiger charge is -2.09. The van der Waals surface area contributed by atoms with Gasteiger partial charge >= 0.3 is 0 Å². The Kier molecular flexibility index (Phi) is 6.60. The molecule has 1 amide bonds. The van der Waals surface area contributed by atoms with Gasteiger partial charge in [-0.25, -0.2) is 4.39 Å². The van der Waals surface area contributed by atoms with Crippen molar-refractivity contribution in [1.82, 2.24) is 0 Å². The molecule has 4 rings (SSSR count). The molecule has 0 fully saturated rings. The smallest absolute Gasteiger partial charge is 0.262 e. The Balaban J connectivity index is 1.62. The molecule has 0 saturated carbocycles. The number of ether oxygens (including phenoxy) is 2. The van der Waals surface area contributed by atoms with Crippen LogP contribution in [0.3, 0.4) is 0 Å². The van der Waals surface area contributed by atoms with Gasteiger partial charge in [0.05, 0.1) is 17.3 Å². The number of benzene rings is 3. The zero-order chi connectivity index (χ0) is 23.4. The van der Waals surface area contributed by atoms with E-state index in [1.165, 1.54) is 24.3 Å². The lowest BCUT2D eigenvalue weighted by molar-refractivity contribution is -0.118. The first-order valence-corrected chi connectivity index (χ1v) is 10.5. The molecule has 0 spiro atoms. The number of ketones is 1. The Morgan fingerprint density at radius 1 is 1.00 bits per heavy atom. The summed E-state index contributed by atoms with van der Waals surface area (Å²) in [5.41, 5.74) is 0.881. The lowest BCUT2D eigenvalue weighted by Crippen LogP contribution is -2.21. The van der Waals surface area contributed by atoms with Crippen molar-refractivity contribution < 1.29 is 27.9 Å². The van der Waals surface area contributed by atoms with Crippen LogP contribution in [0.15, 0.2) is 71.1 Å². The van der Waals surface area contributed by atoms with E-state index in [4.69, 9.17) is 25.5 Å². The van der Waals surface area contributed by atoms with E-state index in [1.807, 2.05) is 6.92 Å². The van der Waals surface area contributed by atoms with Gasteiger partial charge in [-0.15, -0.1) is 0 Å². The molecule has 3 aromatic carbocycles. The molecule has 6 nitrogen and oxygen atoms in total. The third-order valence-electron chi connectivity index (χ3n) is 4.76. The zero-order valence-electron chi connectivity index (χ0n) is 17.6. The monoisotopic (exact) mass is 467 g/mol. The molecule has 0 aliphatic carbocycles. The molecular weight excluding hydrogens is 449 g/mol. The van der Waals surface area contributed by atoms with Crippen LogP contribution in [0.2, 0.25) is 5.02 Å². The number of halogens is 2. The van der Waals surface area contributed by atoms with Crippen LogP contribution in [-0.2, 0) is 4.79 Å². The Labute approximate surface area is 193 Å². The Hall–Kier alpha value is -3.84. The highest BCUT2D eigenvalue weighted by Crippen LogP contribution is 2.34. The van der Waals surface area contributed by atoms with E-state index >= 15 is 0 Å². The van der Waals surface area contributed by atoms with Crippen molar-refractivity contribution in [2.24, 2.45) is 0 Å². The minimum Gasteiger partial charge on any atom is -0.492 e. The molecule has 8 heteroatoms. The third-order valence-corrected chi connectivity index (χ3v) is 5.05. The van der Waals surface area contributed by atoms with E-state index in [2.05, 4.69) is 5.32 Å². The van der Waals surface area contributed by atoms with Gasteiger partial charge in [-0.3, -0.25) is 9.59 Å². The summed E-state index contributed by atoms with van der Waals surface area (Å²) in [5.74, 6) is -1.28. The molecule has 0 atom stereocenters. The van der Waals surface area contributed by atoms with Crippen molar-refractivity contribution in [1.29, 1.82) is 0 Å². The lowest BCUT2D eigenvalue weighted by atomic mass is 10.1. The largest absolute Gasteiger partial charge is 0.492 e. The van der Waals surface area contributed by atoms with Crippen molar-refractivity contribution in [3.05, 3.63) is 88.9 Å². The normalized spacial score (nSPS) is 10.8. The van der Waals surface area contributed by atoms with E-state index in [0.717, 1.165) is 0 Å². The average Bonchev–Trinajstić information content (AvgIpc) is 3.18. The molecule has 168 valence electrons. The van der Waals surface area contributed by atoms with E-state index < -0.39 is 24.1 Å². The SMILES string of the molecule is CCOc1ccc(C(=O)c2oc3ccccc3c2NC(=O)COc2ccccc2F)cc1Cl. The summed E-state index contributed by atoms with van der Waals surface area (Å²) in [7, 11) is 0. The molecule has 0 bridgehead atoms. The summed E-state index contributed by atoms with van der Waals surface area (Å²) in [6.07, 6.45) is 0. The van der Waals surface area contributed by atoms with Gasteiger partial charge in [0.1, 0.15) is 11.3 Å². The highest BCUT2D eigenvalue weighted by atomic mass is 35.5. The minimum absolute atomic E-state index is 0.0509. The van der Waals surface area contributed by atoms with Crippen LogP contribution >= 0.6 is 11.6 Å². The van der Waals surface area contributed by atoms with E-state index in [-0.39, 0.29) is 27.8 Å². The fourth-order valence-corrected chi connectivity index (χ4v) is 3.49. The van der Waals surface area contributed by atoms with Gasteiger partial charge in [0.25, 0.3) is 5.91 Å². The van der Waals surface area contributed by atoms with Gasteiger partial charge in [0.15, 0.2) is 23.9 Å². The van der Waals surface area contributed by atoms with Crippen molar-refractivity contribution in [3.63, 3.8) is 0 Å². The molecule has 33 heavy (non-hydrogen) atoms. The predicted molar refractivity (Wildman–Crippen MR) is 123 cm³/mol. The number of furan rings is 1. The van der Waals surface area contributed by atoms with Crippen LogP contribution in [0.4, 0.5) is 10.1 Å². The molecule has 1 heterocycles. The third kappa shape index (κ3) is 4.83. The Bertz CT molecular complexity index is 1330. The second kappa shape index (κ2) is 9.75. The number of fused-ring (bicyclic) bond motifs is 1. The molecule has 0 radical (unpaired) electrons. The molecule has 0 aliphatic heterocycles. The summed E-state index contributed by atoms with van der Waals surface area (Å²) in [6, 6.07) is 17.3. The first-order valence-electron chi connectivity index (χ1n) is 10.1. The highest BCUT2D eigenvalue weighted by Gasteiger charge is 2.24. The number of carbonyl (C=O) groups is 2. The molecule has 0 saturated heterocycles. The number of nitrogens with one attached hydrogen (secondary N) is 1. The number of hydrogen-bond acceptors (Lipinski definition) is 5. The number of anilines is 1. The molecule has 4 aromatic rings. The maximum atomic E-state index is 13.8. The Morgan fingerprint density at radius 3 is 2.52 bits per heavy atom. The second-order valence-corrected chi connectivity index (χ2v) is 7.38. The molecule has 0 aliphatic rings. The van der Waals surface area contributed by atoms with Crippen LogP contribution < -0.4 is 14.8 Å². The standard InChI is InChI=1S/C25H19ClFNO5/c1-2-31-20-12-11-15(13-17(20)26)24(30)25-23(16-7-3-5-9-19(16)33-25)28-22(29)14-32-21-10-6-4-8-18(21)27/h3-13H,2,14H2,1H3,(H,28,29). The van der Waals surface area contributed by atoms with Crippen molar-refractivity contribution in [2.45, 2.75) is 6.92 Å². The van der Waals surface area contributed by atoms with Crippen LogP contribution in [0.5, 0.6) is 11.5 Å². The van der Waals surface area contributed by atoms with Crippen LogP contribution in [-0.4, -0.2) is 24.9 Å². The van der Waals surface area contributed by atoms with Crippen molar-refractivity contribution >= 4 is 39.9 Å². The van der Waals surface area contributed by atoms with Gasteiger partial charge in [-0.2, -0.15) is 0 Å². The summed E-state index contributed by atoms with van der Waals surface area (Å²) < 4.78 is 30.2. The summed E-state index contributed by atoms with van der Waals surface area (Å²) >= 11 is 6.23. The van der Waals surface area contributed by atoms with Gasteiger partial charge in [-0.05, 0) is 49.4 Å². The summed E-state index contributed by atoms with van der Waals surface area (Å²) in [6.45, 7) is 1.80. The predicted octanol–water partition coefficient (Wildman–Crippen LogP) is 5.87. The summed E-state index contributed by atoms with van der Waals surface area (Å²) in [4.78, 5) is 25.8. The Morgan fingerprint density at radius 2 is 1.76 bits per heavy atom. The highest BCUT2D eigenvalue weighted by molar-refractivity contribution is 6.32. The maximum Gasteiger partial charge on any atom is 0.262 e. The van der Waals surface area contributed by atoms with Crippen molar-refractivity contribution in [3.8, 4) is 11.5 Å². The number of rotatable bonds is 8. The van der Waals surface area contributed by atoms with Gasteiger partial charge < -0.3 is 19.2 Å². The average molecular weight is 468 g/mol. The number of carbonyl (C=O) groups excluding carboxylic acids is 2. The first-order chi connectivity index (χ1) is 16.0. The minimum atomic E-state index is -0.581. The van der Waals surface area contributed by atoms with Crippen LogP contribution in [0, 0.1) is 5.82 Å². The van der Waals surface area contributed by atoms with Gasteiger partial charge in [-0.1, -0.05) is 35.9 Å². The maximum absolute atomic E-state index is 13.8. The van der Waals surface area contributed by atoms with Gasteiger partial charge in [0.2, 0.25) is 5.78 Å².